The number of fused-ring (bicyclic) bond motifs is 11. The highest BCUT2D eigenvalue weighted by atomic mass is 32.1. The van der Waals surface area contributed by atoms with Gasteiger partial charge in [0.1, 0.15) is 0 Å². The topological polar surface area (TPSA) is 12.9 Å². The second-order valence-corrected chi connectivity index (χ2v) is 11.8. The molecule has 0 atom stereocenters. The summed E-state index contributed by atoms with van der Waals surface area (Å²) in [5.41, 5.74) is 5.65. The van der Waals surface area contributed by atoms with Crippen LogP contribution in [0.3, 0.4) is 0 Å². The summed E-state index contributed by atoms with van der Waals surface area (Å²) >= 11 is 1.84. The van der Waals surface area contributed by atoms with E-state index in [2.05, 4.69) is 140 Å². The molecule has 1 nitrogen and oxygen atoms in total. The van der Waals surface area contributed by atoms with E-state index in [4.69, 9.17) is 4.98 Å². The van der Waals surface area contributed by atoms with Crippen molar-refractivity contribution in [2.75, 3.05) is 0 Å². The predicted octanol–water partition coefficient (Wildman–Crippen LogP) is 11.4. The first kappa shape index (κ1) is 22.7. The number of thiophene rings is 1. The van der Waals surface area contributed by atoms with Crippen LogP contribution in [0.5, 0.6) is 0 Å². The monoisotopic (exact) mass is 537 g/mol. The quantitative estimate of drug-likeness (QED) is 0.200. The molecule has 9 rings (SSSR count). The lowest BCUT2D eigenvalue weighted by molar-refractivity contribution is 1.44. The van der Waals surface area contributed by atoms with Crippen molar-refractivity contribution in [3.05, 3.63) is 140 Å². The molecule has 190 valence electrons. The van der Waals surface area contributed by atoms with Crippen molar-refractivity contribution < 1.29 is 0 Å². The van der Waals surface area contributed by atoms with E-state index in [0.29, 0.717) is 0 Å². The van der Waals surface area contributed by atoms with Gasteiger partial charge in [-0.15, -0.1) is 11.3 Å². The maximum atomic E-state index is 5.24. The molecule has 0 saturated heterocycles. The molecule has 2 aromatic heterocycles. The summed E-state index contributed by atoms with van der Waals surface area (Å²) in [4.78, 5) is 5.24. The third-order valence-electron chi connectivity index (χ3n) is 8.43. The fourth-order valence-electron chi connectivity index (χ4n) is 6.56. The lowest BCUT2D eigenvalue weighted by Gasteiger charge is -2.13. The normalized spacial score (nSPS) is 11.9. The van der Waals surface area contributed by atoms with Gasteiger partial charge in [0, 0.05) is 26.4 Å². The van der Waals surface area contributed by atoms with Gasteiger partial charge in [-0.05, 0) is 67.7 Å². The minimum Gasteiger partial charge on any atom is -0.246 e. The summed E-state index contributed by atoms with van der Waals surface area (Å²) in [6.45, 7) is 0. The number of aromatic nitrogens is 1. The Hall–Kier alpha value is -5.05. The zero-order valence-corrected chi connectivity index (χ0v) is 23.0. The Morgan fingerprint density at radius 2 is 0.951 bits per heavy atom. The average molecular weight is 538 g/mol. The summed E-state index contributed by atoms with van der Waals surface area (Å²) < 4.78 is 2.55. The molecule has 0 saturated carbocycles. The molecule has 0 spiro atoms. The van der Waals surface area contributed by atoms with Crippen molar-refractivity contribution in [3.8, 4) is 22.4 Å². The van der Waals surface area contributed by atoms with Gasteiger partial charge in [-0.25, -0.2) is 4.98 Å². The zero-order valence-electron chi connectivity index (χ0n) is 22.1. The maximum absolute atomic E-state index is 5.24. The summed E-state index contributed by atoms with van der Waals surface area (Å²) in [6.07, 6.45) is 0. The molecule has 2 heteroatoms. The first-order chi connectivity index (χ1) is 20.3. The molecule has 0 amide bonds. The van der Waals surface area contributed by atoms with Crippen LogP contribution >= 0.6 is 11.3 Å². The van der Waals surface area contributed by atoms with Crippen LogP contribution in [0.1, 0.15) is 0 Å². The Balaban J connectivity index is 1.29. The van der Waals surface area contributed by atoms with Crippen molar-refractivity contribution in [1.82, 2.24) is 4.98 Å². The molecular formula is C39H23NS. The highest BCUT2D eigenvalue weighted by molar-refractivity contribution is 7.26. The molecule has 2 heterocycles. The van der Waals surface area contributed by atoms with Crippen molar-refractivity contribution >= 4 is 74.7 Å². The van der Waals surface area contributed by atoms with Crippen molar-refractivity contribution in [2.45, 2.75) is 0 Å². The van der Waals surface area contributed by atoms with Gasteiger partial charge in [-0.1, -0.05) is 115 Å². The van der Waals surface area contributed by atoms with E-state index in [-0.39, 0.29) is 0 Å². The molecule has 9 aromatic rings. The third kappa shape index (κ3) is 3.38. The Morgan fingerprint density at radius 3 is 1.71 bits per heavy atom. The number of nitrogens with zero attached hydrogens (tertiary/aromatic N) is 1. The van der Waals surface area contributed by atoms with Gasteiger partial charge in [0.2, 0.25) is 0 Å². The first-order valence-corrected chi connectivity index (χ1v) is 14.8. The molecule has 0 unspecified atom stereocenters. The van der Waals surface area contributed by atoms with Gasteiger partial charge in [-0.2, -0.15) is 0 Å². The number of hydrogen-bond acceptors (Lipinski definition) is 2. The molecule has 0 fully saturated rings. The van der Waals surface area contributed by atoms with Crippen LogP contribution in [0, 0.1) is 0 Å². The Morgan fingerprint density at radius 1 is 0.390 bits per heavy atom. The van der Waals surface area contributed by atoms with Crippen LogP contribution in [-0.2, 0) is 0 Å². The fraction of sp³-hybridized carbons (Fsp3) is 0. The Bertz CT molecular complexity index is 2450. The zero-order chi connectivity index (χ0) is 26.9. The fourth-order valence-corrected chi connectivity index (χ4v) is 7.79. The lowest BCUT2D eigenvalue weighted by atomic mass is 9.91. The van der Waals surface area contributed by atoms with Crippen LogP contribution in [-0.4, -0.2) is 4.98 Å². The molecule has 41 heavy (non-hydrogen) atoms. The van der Waals surface area contributed by atoms with Gasteiger partial charge in [0.15, 0.2) is 0 Å². The second-order valence-electron chi connectivity index (χ2n) is 10.7. The van der Waals surface area contributed by atoms with E-state index in [1.807, 2.05) is 11.3 Å². The SMILES string of the molecule is c1cc(-c2ccc3c4ccccc4c4ccccc4c3c2)cc(-c2nc3ccccc3c3c2sc2ccccc23)c1. The minimum atomic E-state index is 1.04. The van der Waals surface area contributed by atoms with Gasteiger partial charge in [0.25, 0.3) is 0 Å². The Labute approximate surface area is 240 Å². The highest BCUT2D eigenvalue weighted by Gasteiger charge is 2.16. The van der Waals surface area contributed by atoms with Crippen LogP contribution in [0.15, 0.2) is 140 Å². The highest BCUT2D eigenvalue weighted by Crippen LogP contribution is 2.43. The number of para-hydroxylation sites is 1. The second kappa shape index (κ2) is 8.72. The summed E-state index contributed by atoms with van der Waals surface area (Å²) in [7, 11) is 0. The van der Waals surface area contributed by atoms with Crippen LogP contribution in [0.4, 0.5) is 0 Å². The summed E-state index contributed by atoms with van der Waals surface area (Å²) in [5.74, 6) is 0. The number of benzene rings is 7. The molecule has 0 aliphatic heterocycles. The van der Waals surface area contributed by atoms with E-state index >= 15 is 0 Å². The van der Waals surface area contributed by atoms with Crippen molar-refractivity contribution in [3.63, 3.8) is 0 Å². The van der Waals surface area contributed by atoms with Gasteiger partial charge < -0.3 is 0 Å². The average Bonchev–Trinajstić information content (AvgIpc) is 3.44. The van der Waals surface area contributed by atoms with Crippen LogP contribution < -0.4 is 0 Å². The van der Waals surface area contributed by atoms with Gasteiger partial charge in [-0.3, -0.25) is 0 Å². The van der Waals surface area contributed by atoms with E-state index in [1.165, 1.54) is 69.0 Å². The molecule has 0 aliphatic carbocycles. The van der Waals surface area contributed by atoms with E-state index in [1.54, 1.807) is 0 Å². The maximum Gasteiger partial charge on any atom is 0.0888 e. The smallest absolute Gasteiger partial charge is 0.0888 e. The largest absolute Gasteiger partial charge is 0.246 e. The number of hydrogen-bond donors (Lipinski definition) is 0. The van der Waals surface area contributed by atoms with Gasteiger partial charge >= 0.3 is 0 Å². The number of rotatable bonds is 2. The molecule has 7 aromatic carbocycles. The minimum absolute atomic E-state index is 1.04. The molecule has 0 N–H and O–H groups in total. The third-order valence-corrected chi connectivity index (χ3v) is 9.61. The van der Waals surface area contributed by atoms with E-state index < -0.39 is 0 Å². The predicted molar refractivity (Wildman–Crippen MR) is 178 cm³/mol. The van der Waals surface area contributed by atoms with E-state index in [9.17, 15) is 0 Å². The standard InChI is InChI=1S/C39H23NS/c1-2-14-29-27(12-1)28-13-3-4-15-30(28)34-23-25(20-21-31(29)34)24-10-9-11-26(22-24)38-39-37(32-16-5-7-18-35(32)40-38)33-17-6-8-19-36(33)41-39/h1-23H. The lowest BCUT2D eigenvalue weighted by Crippen LogP contribution is -1.89. The number of pyridine rings is 1. The van der Waals surface area contributed by atoms with Crippen molar-refractivity contribution in [2.24, 2.45) is 0 Å². The molecular weight excluding hydrogens is 515 g/mol. The van der Waals surface area contributed by atoms with Crippen LogP contribution in [0.25, 0.3) is 85.8 Å². The molecule has 0 aliphatic rings. The first-order valence-electron chi connectivity index (χ1n) is 14.0. The van der Waals surface area contributed by atoms with Crippen LogP contribution in [0.2, 0.25) is 0 Å². The molecule has 0 bridgehead atoms. The Kier molecular flexibility index (Phi) is 4.84. The van der Waals surface area contributed by atoms with Gasteiger partial charge in [0.05, 0.1) is 15.9 Å². The summed E-state index contributed by atoms with van der Waals surface area (Å²) in [6, 6.07) is 50.6. The van der Waals surface area contributed by atoms with E-state index in [0.717, 1.165) is 16.8 Å². The molecule has 0 radical (unpaired) electrons. The van der Waals surface area contributed by atoms with Crippen molar-refractivity contribution in [1.29, 1.82) is 0 Å². The summed E-state index contributed by atoms with van der Waals surface area (Å²) in [5, 5.41) is 11.6.